The zero-order valence-corrected chi connectivity index (χ0v) is 13.4. The van der Waals surface area contributed by atoms with Gasteiger partial charge in [-0.15, -0.1) is 0 Å². The number of hydrogen-bond acceptors (Lipinski definition) is 3. The molecule has 0 radical (unpaired) electrons. The normalized spacial score (nSPS) is 11.5. The third-order valence-corrected chi connectivity index (χ3v) is 3.81. The van der Waals surface area contributed by atoms with Crippen LogP contribution in [0.25, 0.3) is 0 Å². The van der Waals surface area contributed by atoms with E-state index in [0.29, 0.717) is 6.54 Å². The van der Waals surface area contributed by atoms with Crippen LogP contribution >= 0.6 is 0 Å². The predicted molar refractivity (Wildman–Crippen MR) is 84.3 cm³/mol. The van der Waals surface area contributed by atoms with Gasteiger partial charge < -0.3 is 9.47 Å². The van der Waals surface area contributed by atoms with Crippen LogP contribution in [0.5, 0.6) is 0 Å². The Bertz CT molecular complexity index is 396. The quantitative estimate of drug-likeness (QED) is 0.615. The number of nitrogens with zero attached hydrogens (tertiary/aromatic N) is 3. The summed E-state index contributed by atoms with van der Waals surface area (Å²) in [5.41, 5.74) is 0.815. The number of carbonyl (C=O) groups excluding carboxylic acids is 1. The molecule has 114 valence electrons. The number of likely N-dealkylation sites (N-methyl/N-ethyl adjacent to an activating group) is 1. The van der Waals surface area contributed by atoms with Gasteiger partial charge >= 0.3 is 0 Å². The number of rotatable bonds is 10. The number of carbonyl (C=O) groups is 1. The van der Waals surface area contributed by atoms with Crippen molar-refractivity contribution < 1.29 is 4.79 Å². The molecule has 1 rings (SSSR count). The molecule has 1 aromatic rings. The minimum atomic E-state index is 0.218. The van der Waals surface area contributed by atoms with Gasteiger partial charge in [0, 0.05) is 25.0 Å². The van der Waals surface area contributed by atoms with Crippen molar-refractivity contribution in [2.75, 3.05) is 39.3 Å². The molecular formula is C16H29N3O. The van der Waals surface area contributed by atoms with E-state index in [4.69, 9.17) is 0 Å². The first kappa shape index (κ1) is 16.9. The monoisotopic (exact) mass is 279 g/mol. The standard InChI is InChI=1S/C16H29N3O/c1-5-18(6-2)10-8-11-19(7-3)14-16(20)15-9-12-17(4)13-15/h9,12-13H,5-8,10-11,14H2,1-4H3. The molecule has 4 heteroatoms. The van der Waals surface area contributed by atoms with Crippen molar-refractivity contribution >= 4 is 5.78 Å². The maximum Gasteiger partial charge on any atom is 0.178 e. The van der Waals surface area contributed by atoms with Crippen molar-refractivity contribution in [1.82, 2.24) is 14.4 Å². The Balaban J connectivity index is 2.37. The zero-order chi connectivity index (χ0) is 15.0. The van der Waals surface area contributed by atoms with E-state index in [1.807, 2.05) is 30.1 Å². The molecular weight excluding hydrogens is 250 g/mol. The summed E-state index contributed by atoms with van der Waals surface area (Å²) in [5.74, 6) is 0.218. The summed E-state index contributed by atoms with van der Waals surface area (Å²) in [6.45, 7) is 12.3. The molecule has 0 bridgehead atoms. The highest BCUT2D eigenvalue weighted by Crippen LogP contribution is 2.04. The Morgan fingerprint density at radius 1 is 1.10 bits per heavy atom. The van der Waals surface area contributed by atoms with E-state index in [2.05, 4.69) is 30.6 Å². The van der Waals surface area contributed by atoms with Gasteiger partial charge in [-0.1, -0.05) is 20.8 Å². The van der Waals surface area contributed by atoms with Gasteiger partial charge in [-0.05, 0) is 45.2 Å². The first-order valence-electron chi connectivity index (χ1n) is 7.70. The van der Waals surface area contributed by atoms with Crippen molar-refractivity contribution in [3.63, 3.8) is 0 Å². The molecule has 0 saturated heterocycles. The summed E-state index contributed by atoms with van der Waals surface area (Å²) in [5, 5.41) is 0. The first-order valence-corrected chi connectivity index (χ1v) is 7.70. The van der Waals surface area contributed by atoms with Gasteiger partial charge in [0.2, 0.25) is 0 Å². The Morgan fingerprint density at radius 3 is 2.20 bits per heavy atom. The van der Waals surface area contributed by atoms with Crippen LogP contribution < -0.4 is 0 Å². The van der Waals surface area contributed by atoms with E-state index in [9.17, 15) is 4.79 Å². The van der Waals surface area contributed by atoms with Crippen molar-refractivity contribution in [2.45, 2.75) is 27.2 Å². The van der Waals surface area contributed by atoms with E-state index < -0.39 is 0 Å². The summed E-state index contributed by atoms with van der Waals surface area (Å²) in [6.07, 6.45) is 4.94. The molecule has 4 nitrogen and oxygen atoms in total. The molecule has 1 aromatic heterocycles. The van der Waals surface area contributed by atoms with Crippen molar-refractivity contribution in [3.8, 4) is 0 Å². The van der Waals surface area contributed by atoms with Crippen molar-refractivity contribution in [2.24, 2.45) is 7.05 Å². The Labute approximate surface area is 123 Å². The van der Waals surface area contributed by atoms with E-state index >= 15 is 0 Å². The number of Topliss-reactive ketones (excluding diaryl/α,β-unsaturated/α-hetero) is 1. The molecule has 0 N–H and O–H groups in total. The molecule has 0 aliphatic carbocycles. The van der Waals surface area contributed by atoms with Gasteiger partial charge in [-0.3, -0.25) is 9.69 Å². The van der Waals surface area contributed by atoms with Crippen LogP contribution in [0, 0.1) is 0 Å². The SMILES string of the molecule is CCN(CC)CCCN(CC)CC(=O)c1ccn(C)c1. The Hall–Kier alpha value is -1.13. The first-order chi connectivity index (χ1) is 9.60. The van der Waals surface area contributed by atoms with E-state index in [0.717, 1.165) is 44.7 Å². The fourth-order valence-corrected chi connectivity index (χ4v) is 2.37. The lowest BCUT2D eigenvalue weighted by Gasteiger charge is -2.22. The predicted octanol–water partition coefficient (Wildman–Crippen LogP) is 2.26. The number of aromatic nitrogens is 1. The molecule has 0 saturated carbocycles. The second kappa shape index (κ2) is 8.93. The largest absolute Gasteiger partial charge is 0.357 e. The summed E-state index contributed by atoms with van der Waals surface area (Å²) in [7, 11) is 1.94. The number of hydrogen-bond donors (Lipinski definition) is 0. The topological polar surface area (TPSA) is 28.5 Å². The van der Waals surface area contributed by atoms with E-state index in [1.54, 1.807) is 0 Å². The van der Waals surface area contributed by atoms with Crippen molar-refractivity contribution in [1.29, 1.82) is 0 Å². The van der Waals surface area contributed by atoms with Gasteiger partial charge in [0.15, 0.2) is 5.78 Å². The Kier molecular flexibility index (Phi) is 7.55. The van der Waals surface area contributed by atoms with Crippen LogP contribution in [0.2, 0.25) is 0 Å². The second-order valence-electron chi connectivity index (χ2n) is 5.24. The van der Waals surface area contributed by atoms with Gasteiger partial charge in [0.1, 0.15) is 0 Å². The minimum absolute atomic E-state index is 0.218. The van der Waals surface area contributed by atoms with Crippen LogP contribution in [0.15, 0.2) is 18.5 Å². The molecule has 0 spiro atoms. The highest BCUT2D eigenvalue weighted by Gasteiger charge is 2.12. The smallest absolute Gasteiger partial charge is 0.178 e. The maximum atomic E-state index is 12.2. The lowest BCUT2D eigenvalue weighted by Crippen LogP contribution is -2.33. The van der Waals surface area contributed by atoms with Crippen LogP contribution in [0.3, 0.4) is 0 Å². The molecule has 0 amide bonds. The molecule has 0 aromatic carbocycles. The number of ketones is 1. The molecule has 20 heavy (non-hydrogen) atoms. The molecule has 0 aliphatic rings. The van der Waals surface area contributed by atoms with Crippen LogP contribution in [0.4, 0.5) is 0 Å². The lowest BCUT2D eigenvalue weighted by molar-refractivity contribution is 0.0930. The molecule has 0 unspecified atom stereocenters. The highest BCUT2D eigenvalue weighted by atomic mass is 16.1. The second-order valence-corrected chi connectivity index (χ2v) is 5.24. The van der Waals surface area contributed by atoms with E-state index in [-0.39, 0.29) is 5.78 Å². The average Bonchev–Trinajstić information content (AvgIpc) is 2.89. The van der Waals surface area contributed by atoms with Gasteiger partial charge in [-0.25, -0.2) is 0 Å². The van der Waals surface area contributed by atoms with Crippen LogP contribution in [-0.4, -0.2) is 59.4 Å². The molecule has 0 aliphatic heterocycles. The molecule has 0 atom stereocenters. The van der Waals surface area contributed by atoms with Gasteiger partial charge in [-0.2, -0.15) is 0 Å². The lowest BCUT2D eigenvalue weighted by atomic mass is 10.2. The van der Waals surface area contributed by atoms with Crippen LogP contribution in [0.1, 0.15) is 37.6 Å². The summed E-state index contributed by atoms with van der Waals surface area (Å²) < 4.78 is 1.92. The zero-order valence-electron chi connectivity index (χ0n) is 13.4. The summed E-state index contributed by atoms with van der Waals surface area (Å²) >= 11 is 0. The highest BCUT2D eigenvalue weighted by molar-refractivity contribution is 5.97. The third-order valence-electron chi connectivity index (χ3n) is 3.81. The number of aryl methyl sites for hydroxylation is 1. The van der Waals surface area contributed by atoms with E-state index in [1.165, 1.54) is 0 Å². The Morgan fingerprint density at radius 2 is 1.70 bits per heavy atom. The van der Waals surface area contributed by atoms with Gasteiger partial charge in [0.25, 0.3) is 0 Å². The maximum absolute atomic E-state index is 12.2. The molecule has 1 heterocycles. The molecule has 0 fully saturated rings. The van der Waals surface area contributed by atoms with Gasteiger partial charge in [0.05, 0.1) is 6.54 Å². The third kappa shape index (κ3) is 5.47. The summed E-state index contributed by atoms with van der Waals surface area (Å²) in [6, 6.07) is 1.89. The fourth-order valence-electron chi connectivity index (χ4n) is 2.37. The summed E-state index contributed by atoms with van der Waals surface area (Å²) in [4.78, 5) is 16.8. The fraction of sp³-hybridized carbons (Fsp3) is 0.688. The average molecular weight is 279 g/mol. The van der Waals surface area contributed by atoms with Crippen LogP contribution in [-0.2, 0) is 7.05 Å². The minimum Gasteiger partial charge on any atom is -0.357 e. The van der Waals surface area contributed by atoms with Crippen molar-refractivity contribution in [3.05, 3.63) is 24.0 Å².